The van der Waals surface area contributed by atoms with Gasteiger partial charge in [-0.15, -0.1) is 0 Å². The third-order valence-corrected chi connectivity index (χ3v) is 4.76. The molecule has 0 radical (unpaired) electrons. The van der Waals surface area contributed by atoms with E-state index in [1.807, 2.05) is 0 Å². The zero-order valence-electron chi connectivity index (χ0n) is 18.3. The Morgan fingerprint density at radius 3 is 2.44 bits per heavy atom. The largest absolute Gasteiger partial charge is 0.457 e. The van der Waals surface area contributed by atoms with Crippen LogP contribution in [0.3, 0.4) is 0 Å². The highest BCUT2D eigenvalue weighted by atomic mass is 19.4. The van der Waals surface area contributed by atoms with Gasteiger partial charge in [-0.1, -0.05) is 18.2 Å². The molecule has 7 nitrogen and oxygen atoms in total. The molecule has 0 atom stereocenters. The topological polar surface area (TPSA) is 92.4 Å². The maximum absolute atomic E-state index is 12.6. The van der Waals surface area contributed by atoms with Crippen molar-refractivity contribution in [1.29, 1.82) is 0 Å². The van der Waals surface area contributed by atoms with E-state index in [-0.39, 0.29) is 23.9 Å². The minimum Gasteiger partial charge on any atom is -0.457 e. The van der Waals surface area contributed by atoms with Crippen LogP contribution in [0.2, 0.25) is 0 Å². The van der Waals surface area contributed by atoms with Crippen molar-refractivity contribution in [3.8, 4) is 11.5 Å². The number of aryl methyl sites for hydroxylation is 1. The van der Waals surface area contributed by atoms with Gasteiger partial charge in [0.25, 0.3) is 5.91 Å². The standard InChI is InChI=1S/C24H23F3N4O3/c1-28-23(33)21-15-20(12-13-29-21)34-19-6-3-5-18(14-19)30-31-22(32)7-2-4-16-8-10-17(11-9-16)24(25,26)27/h3,5-6,8-15,30H,2,4,7H2,1H3,(H,28,33)(H,31,32). The summed E-state index contributed by atoms with van der Waals surface area (Å²) in [6, 6.07) is 14.9. The molecular weight excluding hydrogens is 449 g/mol. The van der Waals surface area contributed by atoms with Crippen molar-refractivity contribution in [2.24, 2.45) is 0 Å². The fourth-order valence-corrected chi connectivity index (χ4v) is 3.02. The second-order valence-corrected chi connectivity index (χ2v) is 7.31. The Morgan fingerprint density at radius 1 is 1.00 bits per heavy atom. The van der Waals surface area contributed by atoms with Crippen LogP contribution < -0.4 is 20.9 Å². The van der Waals surface area contributed by atoms with Crippen LogP contribution in [-0.4, -0.2) is 23.8 Å². The molecule has 0 aliphatic rings. The molecule has 0 saturated carbocycles. The van der Waals surface area contributed by atoms with Gasteiger partial charge in [0.15, 0.2) is 0 Å². The Hall–Kier alpha value is -4.08. The number of carbonyl (C=O) groups excluding carboxylic acids is 2. The summed E-state index contributed by atoms with van der Waals surface area (Å²) in [5, 5.41) is 2.49. The summed E-state index contributed by atoms with van der Waals surface area (Å²) in [4.78, 5) is 27.8. The normalized spacial score (nSPS) is 10.9. The monoisotopic (exact) mass is 472 g/mol. The molecule has 3 aromatic rings. The lowest BCUT2D eigenvalue weighted by molar-refractivity contribution is -0.137. The number of nitrogens with zero attached hydrogens (tertiary/aromatic N) is 1. The molecule has 2 amide bonds. The number of amides is 2. The fraction of sp³-hybridized carbons (Fsp3) is 0.208. The Kier molecular flexibility index (Phi) is 8.07. The van der Waals surface area contributed by atoms with Crippen LogP contribution in [0, 0.1) is 0 Å². The zero-order chi connectivity index (χ0) is 24.6. The first-order chi connectivity index (χ1) is 16.2. The highest BCUT2D eigenvalue weighted by molar-refractivity contribution is 5.92. The summed E-state index contributed by atoms with van der Waals surface area (Å²) in [7, 11) is 1.51. The molecule has 0 fully saturated rings. The number of halogens is 3. The molecule has 178 valence electrons. The van der Waals surface area contributed by atoms with Crippen molar-refractivity contribution in [1.82, 2.24) is 15.7 Å². The van der Waals surface area contributed by atoms with Gasteiger partial charge >= 0.3 is 6.18 Å². The molecule has 0 saturated heterocycles. The minimum absolute atomic E-state index is 0.198. The Morgan fingerprint density at radius 2 is 1.74 bits per heavy atom. The van der Waals surface area contributed by atoms with Gasteiger partial charge in [0.2, 0.25) is 5.91 Å². The van der Waals surface area contributed by atoms with Crippen molar-refractivity contribution >= 4 is 17.5 Å². The molecule has 1 aromatic heterocycles. The number of alkyl halides is 3. The number of hydrogen-bond donors (Lipinski definition) is 3. The lowest BCUT2D eigenvalue weighted by Gasteiger charge is -2.11. The predicted octanol–water partition coefficient (Wildman–Crippen LogP) is 4.72. The maximum Gasteiger partial charge on any atom is 0.416 e. The van der Waals surface area contributed by atoms with E-state index in [9.17, 15) is 22.8 Å². The van der Waals surface area contributed by atoms with E-state index in [1.165, 1.54) is 31.4 Å². The van der Waals surface area contributed by atoms with Gasteiger partial charge < -0.3 is 10.1 Å². The molecule has 3 N–H and O–H groups in total. The molecule has 10 heteroatoms. The SMILES string of the molecule is CNC(=O)c1cc(Oc2cccc(NNC(=O)CCCc3ccc(C(F)(F)F)cc3)c2)ccn1. The quantitative estimate of drug-likeness (QED) is 0.392. The highest BCUT2D eigenvalue weighted by Gasteiger charge is 2.29. The number of hydrogen-bond acceptors (Lipinski definition) is 5. The first kappa shape index (κ1) is 24.6. The van der Waals surface area contributed by atoms with Crippen molar-refractivity contribution in [3.05, 3.63) is 83.7 Å². The molecule has 34 heavy (non-hydrogen) atoms. The number of ether oxygens (including phenoxy) is 1. The molecule has 0 spiro atoms. The van der Waals surface area contributed by atoms with Gasteiger partial charge in [-0.05, 0) is 48.7 Å². The number of pyridine rings is 1. The van der Waals surface area contributed by atoms with Crippen LogP contribution in [0.25, 0.3) is 0 Å². The van der Waals surface area contributed by atoms with Gasteiger partial charge in [-0.25, -0.2) is 0 Å². The van der Waals surface area contributed by atoms with Crippen LogP contribution in [0.15, 0.2) is 66.9 Å². The van der Waals surface area contributed by atoms with Crippen LogP contribution in [0.5, 0.6) is 11.5 Å². The first-order valence-electron chi connectivity index (χ1n) is 10.4. The van der Waals surface area contributed by atoms with E-state index in [0.717, 1.165) is 17.7 Å². The second kappa shape index (κ2) is 11.2. The molecule has 0 aliphatic heterocycles. The lowest BCUT2D eigenvalue weighted by Crippen LogP contribution is -2.29. The van der Waals surface area contributed by atoms with E-state index in [1.54, 1.807) is 30.3 Å². The highest BCUT2D eigenvalue weighted by Crippen LogP contribution is 2.29. The first-order valence-corrected chi connectivity index (χ1v) is 10.4. The van der Waals surface area contributed by atoms with Crippen molar-refractivity contribution in [2.45, 2.75) is 25.4 Å². The number of carbonyl (C=O) groups is 2. The summed E-state index contributed by atoms with van der Waals surface area (Å²) in [6.45, 7) is 0. The molecule has 0 aliphatic carbocycles. The van der Waals surface area contributed by atoms with E-state index >= 15 is 0 Å². The summed E-state index contributed by atoms with van der Waals surface area (Å²) in [6.07, 6.45) is -1.73. The van der Waals surface area contributed by atoms with Crippen LogP contribution in [-0.2, 0) is 17.4 Å². The van der Waals surface area contributed by atoms with Crippen LogP contribution >= 0.6 is 0 Å². The molecule has 0 unspecified atom stereocenters. The van der Waals surface area contributed by atoms with Gasteiger partial charge in [-0.2, -0.15) is 13.2 Å². The molecule has 1 heterocycles. The number of benzene rings is 2. The number of nitrogens with one attached hydrogen (secondary N) is 3. The van der Waals surface area contributed by atoms with E-state index in [4.69, 9.17) is 4.74 Å². The summed E-state index contributed by atoms with van der Waals surface area (Å²) >= 11 is 0. The van der Waals surface area contributed by atoms with E-state index in [2.05, 4.69) is 21.2 Å². The summed E-state index contributed by atoms with van der Waals surface area (Å²) in [5.74, 6) is 0.318. The average molecular weight is 472 g/mol. The molecule has 2 aromatic carbocycles. The third kappa shape index (κ3) is 7.22. The second-order valence-electron chi connectivity index (χ2n) is 7.31. The maximum atomic E-state index is 12.6. The predicted molar refractivity (Wildman–Crippen MR) is 120 cm³/mol. The minimum atomic E-state index is -4.36. The third-order valence-electron chi connectivity index (χ3n) is 4.76. The van der Waals surface area contributed by atoms with Crippen molar-refractivity contribution in [3.63, 3.8) is 0 Å². The fourth-order valence-electron chi connectivity index (χ4n) is 3.02. The van der Waals surface area contributed by atoms with E-state index < -0.39 is 11.7 Å². The zero-order valence-corrected chi connectivity index (χ0v) is 18.3. The van der Waals surface area contributed by atoms with Gasteiger partial charge in [-0.3, -0.25) is 25.4 Å². The van der Waals surface area contributed by atoms with Gasteiger partial charge in [0.05, 0.1) is 11.3 Å². The van der Waals surface area contributed by atoms with Gasteiger partial charge in [0.1, 0.15) is 17.2 Å². The van der Waals surface area contributed by atoms with E-state index in [0.29, 0.717) is 30.0 Å². The van der Waals surface area contributed by atoms with Crippen molar-refractivity contribution in [2.75, 3.05) is 12.5 Å². The number of anilines is 1. The molecular formula is C24H23F3N4O3. The lowest BCUT2D eigenvalue weighted by atomic mass is 10.1. The summed E-state index contributed by atoms with van der Waals surface area (Å²) in [5.41, 5.74) is 6.22. The Labute approximate surface area is 194 Å². The number of rotatable bonds is 9. The smallest absolute Gasteiger partial charge is 0.416 e. The Balaban J connectivity index is 1.46. The Bertz CT molecular complexity index is 1130. The summed E-state index contributed by atoms with van der Waals surface area (Å²) < 4.78 is 43.6. The molecule has 3 rings (SSSR count). The van der Waals surface area contributed by atoms with Crippen molar-refractivity contribution < 1.29 is 27.5 Å². The van der Waals surface area contributed by atoms with Crippen LogP contribution in [0.4, 0.5) is 18.9 Å². The average Bonchev–Trinajstić information content (AvgIpc) is 2.82. The number of hydrazine groups is 1. The van der Waals surface area contributed by atoms with Crippen LogP contribution in [0.1, 0.15) is 34.5 Å². The molecule has 0 bridgehead atoms. The number of aromatic nitrogens is 1. The van der Waals surface area contributed by atoms with Gasteiger partial charge in [0, 0.05) is 31.8 Å².